The third-order valence-corrected chi connectivity index (χ3v) is 3.23. The van der Waals surface area contributed by atoms with Crippen LogP contribution in [0.3, 0.4) is 0 Å². The second-order valence-corrected chi connectivity index (χ2v) is 5.88. The third kappa shape index (κ3) is 12.8. The van der Waals surface area contributed by atoms with Crippen molar-refractivity contribution in [1.82, 2.24) is 9.97 Å². The summed E-state index contributed by atoms with van der Waals surface area (Å²) in [4.78, 5) is 7.86. The van der Waals surface area contributed by atoms with Crippen molar-refractivity contribution in [3.05, 3.63) is 120 Å². The smallest absolute Gasteiger partial charge is 0.100 e. The fourth-order valence-corrected chi connectivity index (χ4v) is 1.79. The predicted molar refractivity (Wildman–Crippen MR) is 113 cm³/mol. The Morgan fingerprint density at radius 1 is 0.630 bits per heavy atom. The molecule has 0 aliphatic rings. The van der Waals surface area contributed by atoms with Crippen molar-refractivity contribution < 1.29 is 4.42 Å². The van der Waals surface area contributed by atoms with Crippen molar-refractivity contribution in [3.63, 3.8) is 0 Å². The zero-order valence-electron chi connectivity index (χ0n) is 16.5. The molecule has 0 atom stereocenters. The monoisotopic (exact) mass is 360 g/mol. The Balaban J connectivity index is 0.000000180. The number of benzene rings is 1. The molecule has 0 aliphatic heterocycles. The zero-order valence-corrected chi connectivity index (χ0v) is 16.5. The molecule has 0 amide bonds. The Morgan fingerprint density at radius 2 is 1.33 bits per heavy atom. The number of furan rings is 1. The first-order chi connectivity index (χ1) is 13.1. The molecule has 27 heavy (non-hydrogen) atoms. The molecule has 0 saturated heterocycles. The van der Waals surface area contributed by atoms with Crippen molar-refractivity contribution in [2.75, 3.05) is 0 Å². The van der Waals surface area contributed by atoms with Gasteiger partial charge in [-0.1, -0.05) is 48.0 Å². The third-order valence-electron chi connectivity index (χ3n) is 3.23. The van der Waals surface area contributed by atoms with E-state index < -0.39 is 0 Å². The summed E-state index contributed by atoms with van der Waals surface area (Å²) in [6.45, 7) is 7.99. The molecule has 3 heteroatoms. The van der Waals surface area contributed by atoms with Crippen molar-refractivity contribution in [1.29, 1.82) is 0 Å². The Morgan fingerprint density at radius 3 is 1.59 bits per heavy atom. The summed E-state index contributed by atoms with van der Waals surface area (Å²) in [5, 5.41) is 0. The van der Waals surface area contributed by atoms with E-state index in [0.717, 1.165) is 11.5 Å². The Kier molecular flexibility index (Phi) is 11.3. The van der Waals surface area contributed by atoms with Crippen LogP contribution in [0.5, 0.6) is 0 Å². The highest BCUT2D eigenvalue weighted by Crippen LogP contribution is 1.93. The molecule has 0 N–H and O–H groups in total. The lowest BCUT2D eigenvalue weighted by molar-refractivity contribution is 0.534. The zero-order chi connectivity index (χ0) is 19.7. The second kappa shape index (κ2) is 14.0. The van der Waals surface area contributed by atoms with E-state index in [9.17, 15) is 0 Å². The van der Waals surface area contributed by atoms with Gasteiger partial charge in [0.1, 0.15) is 5.76 Å². The van der Waals surface area contributed by atoms with Crippen LogP contribution in [0.25, 0.3) is 0 Å². The average Bonchev–Trinajstić information content (AvgIpc) is 3.16. The van der Waals surface area contributed by atoms with Crippen molar-refractivity contribution >= 4 is 0 Å². The Labute approximate surface area is 162 Å². The quantitative estimate of drug-likeness (QED) is 0.366. The molecule has 0 unspecified atom stereocenters. The maximum atomic E-state index is 4.83. The highest BCUT2D eigenvalue weighted by atomic mass is 16.3. The summed E-state index contributed by atoms with van der Waals surface area (Å²) >= 11 is 0. The maximum Gasteiger partial charge on any atom is 0.100 e. The van der Waals surface area contributed by atoms with Crippen LogP contribution in [0.15, 0.2) is 102 Å². The van der Waals surface area contributed by atoms with Crippen LogP contribution in [0.4, 0.5) is 0 Å². The van der Waals surface area contributed by atoms with Gasteiger partial charge in [-0.05, 0) is 63.6 Å². The topological polar surface area (TPSA) is 38.9 Å². The van der Waals surface area contributed by atoms with Gasteiger partial charge in [0, 0.05) is 24.3 Å². The summed E-state index contributed by atoms with van der Waals surface area (Å²) < 4.78 is 4.83. The van der Waals surface area contributed by atoms with Gasteiger partial charge in [0.05, 0.1) is 6.26 Å². The minimum absolute atomic E-state index is 0.968. The second-order valence-electron chi connectivity index (χ2n) is 5.88. The van der Waals surface area contributed by atoms with Gasteiger partial charge in [-0.15, -0.1) is 0 Å². The number of aryl methyl sites for hydroxylation is 4. The minimum atomic E-state index is 0.968. The van der Waals surface area contributed by atoms with E-state index in [-0.39, 0.29) is 0 Å². The fraction of sp³-hybridized carbons (Fsp3) is 0.167. The van der Waals surface area contributed by atoms with Crippen molar-refractivity contribution in [3.8, 4) is 0 Å². The van der Waals surface area contributed by atoms with Gasteiger partial charge in [0.25, 0.3) is 0 Å². The van der Waals surface area contributed by atoms with Crippen LogP contribution in [0, 0.1) is 27.7 Å². The van der Waals surface area contributed by atoms with E-state index >= 15 is 0 Å². The van der Waals surface area contributed by atoms with Crippen LogP contribution in [-0.2, 0) is 0 Å². The van der Waals surface area contributed by atoms with Gasteiger partial charge in [0.15, 0.2) is 0 Å². The lowest BCUT2D eigenvalue weighted by atomic mass is 10.2. The van der Waals surface area contributed by atoms with Gasteiger partial charge < -0.3 is 4.42 Å². The molecular formula is C24H28N2O. The standard InChI is InChI=1S/C7H8.2C6H7N.C5H6O/c1-7-5-3-2-4-6-7;1-6-3-2-4-7-5-6;1-6-4-2-3-5-7-6;1-5-3-2-4-6-5/h2-6H,1H3;2*2-5H,1H3;2-4H,1H3. The Hall–Kier alpha value is -3.20. The largest absolute Gasteiger partial charge is 0.470 e. The van der Waals surface area contributed by atoms with Gasteiger partial charge in [-0.25, -0.2) is 0 Å². The van der Waals surface area contributed by atoms with E-state index in [4.69, 9.17) is 4.42 Å². The normalized spacial score (nSPS) is 8.74. The molecule has 0 spiro atoms. The predicted octanol–water partition coefficient (Wildman–Crippen LogP) is 6.36. The molecule has 0 bridgehead atoms. The molecule has 4 rings (SSSR count). The first-order valence-electron chi connectivity index (χ1n) is 8.84. The Bertz CT molecular complexity index is 710. The highest BCUT2D eigenvalue weighted by Gasteiger charge is 1.76. The maximum absolute atomic E-state index is 4.83. The van der Waals surface area contributed by atoms with Crippen LogP contribution < -0.4 is 0 Å². The summed E-state index contributed by atoms with van der Waals surface area (Å²) in [6, 6.07) is 23.9. The van der Waals surface area contributed by atoms with Gasteiger partial charge in [-0.3, -0.25) is 9.97 Å². The summed E-state index contributed by atoms with van der Waals surface area (Å²) in [5.41, 5.74) is 3.60. The number of pyridine rings is 2. The van der Waals surface area contributed by atoms with Gasteiger partial charge >= 0.3 is 0 Å². The molecule has 3 heterocycles. The molecule has 1 aromatic carbocycles. The van der Waals surface area contributed by atoms with Crippen LogP contribution in [0.2, 0.25) is 0 Å². The molecule has 4 aromatic rings. The highest BCUT2D eigenvalue weighted by molar-refractivity contribution is 5.11. The molecule has 0 aliphatic carbocycles. The lowest BCUT2D eigenvalue weighted by Crippen LogP contribution is -1.72. The molecule has 0 saturated carbocycles. The van der Waals surface area contributed by atoms with Crippen LogP contribution >= 0.6 is 0 Å². The van der Waals surface area contributed by atoms with E-state index in [1.165, 1.54) is 11.1 Å². The molecule has 3 aromatic heterocycles. The number of rotatable bonds is 0. The summed E-state index contributed by atoms with van der Waals surface area (Å²) in [5.74, 6) is 0.968. The molecule has 140 valence electrons. The number of hydrogen-bond donors (Lipinski definition) is 0. The first-order valence-corrected chi connectivity index (χ1v) is 8.84. The fourth-order valence-electron chi connectivity index (χ4n) is 1.79. The molecule has 0 fully saturated rings. The van der Waals surface area contributed by atoms with E-state index in [1.807, 2.05) is 87.6 Å². The molecule has 0 radical (unpaired) electrons. The van der Waals surface area contributed by atoms with Gasteiger partial charge in [0.2, 0.25) is 0 Å². The summed E-state index contributed by atoms with van der Waals surface area (Å²) in [6.07, 6.45) is 7.05. The van der Waals surface area contributed by atoms with Crippen molar-refractivity contribution in [2.45, 2.75) is 27.7 Å². The molecule has 3 nitrogen and oxygen atoms in total. The first kappa shape index (κ1) is 21.8. The van der Waals surface area contributed by atoms with Crippen LogP contribution in [-0.4, -0.2) is 9.97 Å². The molecular weight excluding hydrogens is 332 g/mol. The summed E-state index contributed by atoms with van der Waals surface area (Å²) in [7, 11) is 0. The number of nitrogens with zero attached hydrogens (tertiary/aromatic N) is 2. The SMILES string of the molecule is Cc1ccccc1.Cc1ccccn1.Cc1cccnc1.Cc1ccco1. The van der Waals surface area contributed by atoms with E-state index in [1.54, 1.807) is 18.7 Å². The van der Waals surface area contributed by atoms with E-state index in [2.05, 4.69) is 29.0 Å². The lowest BCUT2D eigenvalue weighted by Gasteiger charge is -1.82. The minimum Gasteiger partial charge on any atom is -0.470 e. The van der Waals surface area contributed by atoms with Gasteiger partial charge in [-0.2, -0.15) is 0 Å². The van der Waals surface area contributed by atoms with E-state index in [0.29, 0.717) is 0 Å². The number of hydrogen-bond acceptors (Lipinski definition) is 3. The number of aromatic nitrogens is 2. The van der Waals surface area contributed by atoms with Crippen molar-refractivity contribution in [2.24, 2.45) is 0 Å². The average molecular weight is 361 g/mol. The van der Waals surface area contributed by atoms with Crippen LogP contribution in [0.1, 0.15) is 22.6 Å².